The molecule has 0 saturated heterocycles. The molecule has 1 aromatic heterocycles. The Balaban J connectivity index is 1.62. The minimum atomic E-state index is -0.266. The number of nitrogens with zero attached hydrogens (tertiary/aromatic N) is 2. The molecule has 1 atom stereocenters. The Morgan fingerprint density at radius 2 is 1.89 bits per heavy atom. The summed E-state index contributed by atoms with van der Waals surface area (Å²) in [5.74, 6) is 0. The lowest BCUT2D eigenvalue weighted by molar-refractivity contribution is 0.249. The average molecular weight is 399 g/mol. The predicted octanol–water partition coefficient (Wildman–Crippen LogP) is 5.47. The van der Waals surface area contributed by atoms with E-state index in [0.29, 0.717) is 10.2 Å². The summed E-state index contributed by atoms with van der Waals surface area (Å²) in [5.41, 5.74) is 2.66. The molecule has 0 radical (unpaired) electrons. The lowest BCUT2D eigenvalue weighted by atomic mass is 10.1. The Labute approximate surface area is 167 Å². The molecule has 2 N–H and O–H groups in total. The van der Waals surface area contributed by atoms with Gasteiger partial charge >= 0.3 is 6.03 Å². The summed E-state index contributed by atoms with van der Waals surface area (Å²) in [6.07, 6.45) is 3.42. The Morgan fingerprint density at radius 3 is 2.59 bits per heavy atom. The molecular weight excluding hydrogens is 380 g/mol. The van der Waals surface area contributed by atoms with Gasteiger partial charge in [-0.05, 0) is 73.1 Å². The van der Waals surface area contributed by atoms with Crippen molar-refractivity contribution in [1.29, 1.82) is 0 Å². The molecule has 0 aliphatic heterocycles. The number of benzene rings is 2. The minimum absolute atomic E-state index is 0.158. The van der Waals surface area contributed by atoms with Gasteiger partial charge in [0, 0.05) is 28.0 Å². The Kier molecular flexibility index (Phi) is 6.32. The largest absolute Gasteiger partial charge is 0.331 e. The van der Waals surface area contributed by atoms with Crippen molar-refractivity contribution in [3.8, 4) is 0 Å². The second kappa shape index (κ2) is 8.88. The van der Waals surface area contributed by atoms with Gasteiger partial charge in [-0.2, -0.15) is 0 Å². The van der Waals surface area contributed by atoms with Crippen molar-refractivity contribution in [3.05, 3.63) is 77.1 Å². The van der Waals surface area contributed by atoms with Gasteiger partial charge in [0.25, 0.3) is 0 Å². The van der Waals surface area contributed by atoms with Crippen LogP contribution in [0.15, 0.2) is 71.0 Å². The van der Waals surface area contributed by atoms with E-state index in [4.69, 9.17) is 11.6 Å². The van der Waals surface area contributed by atoms with Crippen LogP contribution in [-0.2, 0) is 0 Å². The third-order valence-corrected chi connectivity index (χ3v) is 5.01. The third kappa shape index (κ3) is 5.45. The second-order valence-corrected chi connectivity index (χ2v) is 7.46. The Hall–Kier alpha value is -2.57. The van der Waals surface area contributed by atoms with Crippen molar-refractivity contribution in [3.63, 3.8) is 0 Å². The number of amides is 2. The van der Waals surface area contributed by atoms with Crippen LogP contribution in [0, 0.1) is 6.92 Å². The zero-order chi connectivity index (χ0) is 19.2. The van der Waals surface area contributed by atoms with E-state index in [0.717, 1.165) is 21.7 Å². The van der Waals surface area contributed by atoms with Crippen molar-refractivity contribution in [2.24, 2.45) is 0 Å². The van der Waals surface area contributed by atoms with Crippen LogP contribution in [0.25, 0.3) is 0 Å². The maximum Gasteiger partial charge on any atom is 0.319 e. The maximum absolute atomic E-state index is 12.3. The number of carbonyl (C=O) groups is 1. The van der Waals surface area contributed by atoms with Crippen LogP contribution in [0.4, 0.5) is 10.5 Å². The number of aromatic nitrogens is 2. The van der Waals surface area contributed by atoms with Crippen LogP contribution in [-0.4, -0.2) is 16.0 Å². The molecule has 0 aliphatic carbocycles. The van der Waals surface area contributed by atoms with Crippen LogP contribution in [0.5, 0.6) is 0 Å². The normalized spacial score (nSPS) is 11.7. The number of hydrogen-bond donors (Lipinski definition) is 2. The highest BCUT2D eigenvalue weighted by Gasteiger charge is 2.11. The molecule has 3 aromatic rings. The lowest BCUT2D eigenvalue weighted by Crippen LogP contribution is -2.31. The Morgan fingerprint density at radius 1 is 1.11 bits per heavy atom. The van der Waals surface area contributed by atoms with E-state index in [-0.39, 0.29) is 12.1 Å². The lowest BCUT2D eigenvalue weighted by Gasteiger charge is -2.16. The van der Waals surface area contributed by atoms with Gasteiger partial charge < -0.3 is 10.6 Å². The smallest absolute Gasteiger partial charge is 0.319 e. The van der Waals surface area contributed by atoms with E-state index in [9.17, 15) is 4.79 Å². The third-order valence-electron chi connectivity index (χ3n) is 3.89. The monoisotopic (exact) mass is 398 g/mol. The van der Waals surface area contributed by atoms with Crippen LogP contribution < -0.4 is 10.6 Å². The summed E-state index contributed by atoms with van der Waals surface area (Å²) < 4.78 is 0. The number of rotatable bonds is 5. The van der Waals surface area contributed by atoms with E-state index < -0.39 is 0 Å². The zero-order valence-electron chi connectivity index (χ0n) is 14.9. The van der Waals surface area contributed by atoms with Gasteiger partial charge in [0.15, 0.2) is 5.16 Å². The molecule has 0 spiro atoms. The standard InChI is InChI=1S/C20H19ClN4OS/c1-13-11-17(27-20-22-9-4-10-23-20)7-8-18(13)25-19(26)24-14(2)15-5-3-6-16(21)12-15/h3-12,14H,1-2H3,(H2,24,25,26). The molecule has 0 saturated carbocycles. The fourth-order valence-electron chi connectivity index (χ4n) is 2.50. The van der Waals surface area contributed by atoms with Crippen molar-refractivity contribution < 1.29 is 4.79 Å². The fourth-order valence-corrected chi connectivity index (χ4v) is 3.51. The summed E-state index contributed by atoms with van der Waals surface area (Å²) in [6.45, 7) is 3.86. The molecular formula is C20H19ClN4OS. The quantitative estimate of drug-likeness (QED) is 0.559. The predicted molar refractivity (Wildman–Crippen MR) is 109 cm³/mol. The Bertz CT molecular complexity index is 936. The molecule has 3 rings (SSSR count). The summed E-state index contributed by atoms with van der Waals surface area (Å²) in [6, 6.07) is 14.6. The number of urea groups is 1. The molecule has 2 amide bonds. The molecule has 0 bridgehead atoms. The van der Waals surface area contributed by atoms with E-state index >= 15 is 0 Å². The summed E-state index contributed by atoms with van der Waals surface area (Å²) >= 11 is 7.49. The number of anilines is 1. The van der Waals surface area contributed by atoms with Gasteiger partial charge in [-0.25, -0.2) is 14.8 Å². The maximum atomic E-state index is 12.3. The van der Waals surface area contributed by atoms with E-state index in [1.54, 1.807) is 24.5 Å². The van der Waals surface area contributed by atoms with Gasteiger partial charge in [-0.3, -0.25) is 0 Å². The average Bonchev–Trinajstić information content (AvgIpc) is 2.65. The van der Waals surface area contributed by atoms with Gasteiger partial charge in [0.2, 0.25) is 0 Å². The first-order valence-electron chi connectivity index (χ1n) is 8.40. The SMILES string of the molecule is Cc1cc(Sc2ncccn2)ccc1NC(=O)NC(C)c1cccc(Cl)c1. The molecule has 0 fully saturated rings. The van der Waals surface area contributed by atoms with Gasteiger partial charge in [0.1, 0.15) is 0 Å². The molecule has 1 unspecified atom stereocenters. The summed E-state index contributed by atoms with van der Waals surface area (Å²) in [4.78, 5) is 21.7. The van der Waals surface area contributed by atoms with Crippen LogP contribution in [0.2, 0.25) is 5.02 Å². The van der Waals surface area contributed by atoms with E-state index in [1.165, 1.54) is 11.8 Å². The van der Waals surface area contributed by atoms with Crippen LogP contribution in [0.3, 0.4) is 0 Å². The second-order valence-electron chi connectivity index (χ2n) is 5.99. The number of aryl methyl sites for hydroxylation is 1. The van der Waals surface area contributed by atoms with Crippen molar-refractivity contribution in [2.75, 3.05) is 5.32 Å². The first-order chi connectivity index (χ1) is 13.0. The fraction of sp³-hybridized carbons (Fsp3) is 0.150. The highest BCUT2D eigenvalue weighted by atomic mass is 35.5. The number of nitrogens with one attached hydrogen (secondary N) is 2. The van der Waals surface area contributed by atoms with Crippen LogP contribution >= 0.6 is 23.4 Å². The van der Waals surface area contributed by atoms with Crippen molar-refractivity contribution in [1.82, 2.24) is 15.3 Å². The van der Waals surface area contributed by atoms with Gasteiger partial charge in [0.05, 0.1) is 6.04 Å². The molecule has 27 heavy (non-hydrogen) atoms. The van der Waals surface area contributed by atoms with Crippen molar-refractivity contribution >= 4 is 35.1 Å². The molecule has 1 heterocycles. The van der Waals surface area contributed by atoms with Gasteiger partial charge in [-0.1, -0.05) is 23.7 Å². The summed E-state index contributed by atoms with van der Waals surface area (Å²) in [7, 11) is 0. The number of halogens is 1. The molecule has 0 aliphatic rings. The van der Waals surface area contributed by atoms with Crippen LogP contribution in [0.1, 0.15) is 24.1 Å². The zero-order valence-corrected chi connectivity index (χ0v) is 16.5. The highest BCUT2D eigenvalue weighted by Crippen LogP contribution is 2.28. The van der Waals surface area contributed by atoms with E-state index in [1.807, 2.05) is 50.2 Å². The molecule has 2 aromatic carbocycles. The molecule has 138 valence electrons. The van der Waals surface area contributed by atoms with Gasteiger partial charge in [-0.15, -0.1) is 0 Å². The van der Waals surface area contributed by atoms with E-state index in [2.05, 4.69) is 20.6 Å². The minimum Gasteiger partial charge on any atom is -0.331 e. The summed E-state index contributed by atoms with van der Waals surface area (Å²) in [5, 5.41) is 7.14. The number of hydrogen-bond acceptors (Lipinski definition) is 4. The first kappa shape index (κ1) is 19.2. The van der Waals surface area contributed by atoms with Crippen molar-refractivity contribution in [2.45, 2.75) is 29.9 Å². The number of carbonyl (C=O) groups excluding carboxylic acids is 1. The first-order valence-corrected chi connectivity index (χ1v) is 9.59. The molecule has 7 heteroatoms. The highest BCUT2D eigenvalue weighted by molar-refractivity contribution is 7.99. The topological polar surface area (TPSA) is 66.9 Å². The molecule has 5 nitrogen and oxygen atoms in total.